The van der Waals surface area contributed by atoms with E-state index in [2.05, 4.69) is 15.6 Å². The Hall–Kier alpha value is -2.65. The summed E-state index contributed by atoms with van der Waals surface area (Å²) in [5.41, 5.74) is -1.16. The smallest absolute Gasteiger partial charge is 0.416 e. The van der Waals surface area contributed by atoms with Gasteiger partial charge in [0.05, 0.1) is 17.4 Å². The second-order valence-corrected chi connectivity index (χ2v) is 6.41. The molecule has 0 unspecified atom stereocenters. The van der Waals surface area contributed by atoms with E-state index in [1.54, 1.807) is 6.07 Å². The van der Waals surface area contributed by atoms with Gasteiger partial charge in [0.2, 0.25) is 5.88 Å². The largest absolute Gasteiger partial charge is 0.439 e. The van der Waals surface area contributed by atoms with E-state index >= 15 is 0 Å². The highest BCUT2D eigenvalue weighted by atomic mass is 19.4. The van der Waals surface area contributed by atoms with Crippen LogP contribution in [0.15, 0.2) is 42.6 Å². The van der Waals surface area contributed by atoms with Gasteiger partial charge in [-0.2, -0.15) is 13.2 Å². The van der Waals surface area contributed by atoms with Gasteiger partial charge in [-0.05, 0) is 56.3 Å². The molecule has 1 aromatic carbocycles. The van der Waals surface area contributed by atoms with E-state index in [1.807, 2.05) is 0 Å². The summed E-state index contributed by atoms with van der Waals surface area (Å²) in [5, 5.41) is 5.97. The van der Waals surface area contributed by atoms with Gasteiger partial charge < -0.3 is 20.1 Å². The van der Waals surface area contributed by atoms with Gasteiger partial charge in [-0.3, -0.25) is 4.79 Å². The molecular formula is C19H20F3N3O3. The number of hydrogen-bond acceptors (Lipinski definition) is 5. The number of ether oxygens (including phenoxy) is 2. The fraction of sp³-hybridized carbons (Fsp3) is 0.368. The number of nitrogens with one attached hydrogen (secondary N) is 2. The third-order valence-electron chi connectivity index (χ3n) is 4.61. The Morgan fingerprint density at radius 1 is 1.14 bits per heavy atom. The predicted molar refractivity (Wildman–Crippen MR) is 96.2 cm³/mol. The molecule has 150 valence electrons. The van der Waals surface area contributed by atoms with Crippen molar-refractivity contribution >= 4 is 11.6 Å². The van der Waals surface area contributed by atoms with Crippen molar-refractivity contribution in [3.05, 3.63) is 48.2 Å². The van der Waals surface area contributed by atoms with E-state index in [9.17, 15) is 18.0 Å². The van der Waals surface area contributed by atoms with Crippen LogP contribution in [-0.4, -0.2) is 36.7 Å². The number of pyridine rings is 1. The SMILES string of the molecule is COC1(C(=O)Nc2ccc(Oc3ccc(C(F)(F)F)cc3)nc2)CCNCC1. The molecule has 2 N–H and O–H groups in total. The molecule has 2 heterocycles. The Balaban J connectivity index is 1.62. The molecule has 0 bridgehead atoms. The fourth-order valence-corrected chi connectivity index (χ4v) is 2.95. The maximum atomic E-state index is 12.6. The summed E-state index contributed by atoms with van der Waals surface area (Å²) in [6, 6.07) is 7.45. The van der Waals surface area contributed by atoms with Crippen LogP contribution in [0.2, 0.25) is 0 Å². The van der Waals surface area contributed by atoms with Crippen LogP contribution in [0.1, 0.15) is 18.4 Å². The third kappa shape index (κ3) is 4.60. The molecule has 0 spiro atoms. The number of halogens is 3. The van der Waals surface area contributed by atoms with Crippen LogP contribution in [0.25, 0.3) is 0 Å². The second kappa shape index (κ2) is 8.15. The van der Waals surface area contributed by atoms with Crippen molar-refractivity contribution in [1.29, 1.82) is 0 Å². The van der Waals surface area contributed by atoms with Crippen molar-refractivity contribution < 1.29 is 27.4 Å². The Morgan fingerprint density at radius 3 is 2.36 bits per heavy atom. The lowest BCUT2D eigenvalue weighted by molar-refractivity contribution is -0.140. The third-order valence-corrected chi connectivity index (χ3v) is 4.61. The van der Waals surface area contributed by atoms with E-state index in [-0.39, 0.29) is 17.5 Å². The molecule has 1 aliphatic heterocycles. The molecule has 1 fully saturated rings. The molecule has 2 aromatic rings. The zero-order chi connectivity index (χ0) is 20.2. The van der Waals surface area contributed by atoms with Crippen LogP contribution in [-0.2, 0) is 15.7 Å². The average molecular weight is 395 g/mol. The zero-order valence-electron chi connectivity index (χ0n) is 15.2. The van der Waals surface area contributed by atoms with Crippen molar-refractivity contribution in [3.8, 4) is 11.6 Å². The Bertz CT molecular complexity index is 802. The van der Waals surface area contributed by atoms with Crippen LogP contribution >= 0.6 is 0 Å². The maximum absolute atomic E-state index is 12.6. The zero-order valence-corrected chi connectivity index (χ0v) is 15.2. The number of piperidine rings is 1. The van der Waals surface area contributed by atoms with Gasteiger partial charge in [0.25, 0.3) is 5.91 Å². The first kappa shape index (κ1) is 20.1. The summed E-state index contributed by atoms with van der Waals surface area (Å²) < 4.78 is 48.7. The van der Waals surface area contributed by atoms with Gasteiger partial charge in [0, 0.05) is 13.2 Å². The molecule has 0 atom stereocenters. The lowest BCUT2D eigenvalue weighted by Crippen LogP contribution is -2.51. The molecule has 9 heteroatoms. The standard InChI is InChI=1S/C19H20F3N3O3/c1-27-18(8-10-23-11-9-18)17(26)25-14-4-7-16(24-12-14)28-15-5-2-13(3-6-15)19(20,21)22/h2-7,12,23H,8-11H2,1H3,(H,25,26). The average Bonchev–Trinajstić information content (AvgIpc) is 2.69. The van der Waals surface area contributed by atoms with Crippen LogP contribution in [0, 0.1) is 0 Å². The summed E-state index contributed by atoms with van der Waals surface area (Å²) in [5.74, 6) is 0.182. The normalized spacial score (nSPS) is 16.4. The molecule has 0 saturated carbocycles. The minimum absolute atomic E-state index is 0.195. The first-order valence-electron chi connectivity index (χ1n) is 8.71. The number of amides is 1. The van der Waals surface area contributed by atoms with E-state index in [0.29, 0.717) is 31.6 Å². The number of benzene rings is 1. The van der Waals surface area contributed by atoms with Gasteiger partial charge in [0.1, 0.15) is 11.4 Å². The Kier molecular flexibility index (Phi) is 5.85. The van der Waals surface area contributed by atoms with Gasteiger partial charge in [-0.25, -0.2) is 4.98 Å². The molecule has 28 heavy (non-hydrogen) atoms. The first-order valence-corrected chi connectivity index (χ1v) is 8.71. The Labute approximate surface area is 160 Å². The van der Waals surface area contributed by atoms with Crippen molar-refractivity contribution in [2.45, 2.75) is 24.6 Å². The minimum Gasteiger partial charge on any atom is -0.439 e. The molecule has 0 aliphatic carbocycles. The number of alkyl halides is 3. The summed E-state index contributed by atoms with van der Waals surface area (Å²) >= 11 is 0. The number of aromatic nitrogens is 1. The molecule has 1 saturated heterocycles. The molecule has 0 radical (unpaired) electrons. The monoisotopic (exact) mass is 395 g/mol. The molecule has 6 nitrogen and oxygen atoms in total. The summed E-state index contributed by atoms with van der Waals surface area (Å²) in [6.07, 6.45) is -1.85. The maximum Gasteiger partial charge on any atom is 0.416 e. The summed E-state index contributed by atoms with van der Waals surface area (Å²) in [7, 11) is 1.52. The molecular weight excluding hydrogens is 375 g/mol. The quantitative estimate of drug-likeness (QED) is 0.810. The van der Waals surface area contributed by atoms with Crippen LogP contribution in [0.5, 0.6) is 11.6 Å². The van der Waals surface area contributed by atoms with Crippen LogP contribution < -0.4 is 15.4 Å². The minimum atomic E-state index is -4.40. The summed E-state index contributed by atoms with van der Waals surface area (Å²) in [6.45, 7) is 1.39. The fourth-order valence-electron chi connectivity index (χ4n) is 2.95. The van der Waals surface area contributed by atoms with Crippen LogP contribution in [0.4, 0.5) is 18.9 Å². The van der Waals surface area contributed by atoms with Gasteiger partial charge >= 0.3 is 6.18 Å². The van der Waals surface area contributed by atoms with Crippen molar-refractivity contribution in [2.24, 2.45) is 0 Å². The highest BCUT2D eigenvalue weighted by molar-refractivity contribution is 5.97. The first-order chi connectivity index (χ1) is 13.3. The van der Waals surface area contributed by atoms with Crippen LogP contribution in [0.3, 0.4) is 0 Å². The lowest BCUT2D eigenvalue weighted by Gasteiger charge is -2.34. The van der Waals surface area contributed by atoms with E-state index in [1.165, 1.54) is 31.5 Å². The van der Waals surface area contributed by atoms with Gasteiger partial charge in [-0.15, -0.1) is 0 Å². The number of carbonyl (C=O) groups excluding carboxylic acids is 1. The predicted octanol–water partition coefficient (Wildman–Crippen LogP) is 3.60. The second-order valence-electron chi connectivity index (χ2n) is 6.41. The summed E-state index contributed by atoms with van der Waals surface area (Å²) in [4.78, 5) is 16.7. The molecule has 1 aromatic heterocycles. The van der Waals surface area contributed by atoms with E-state index < -0.39 is 17.3 Å². The van der Waals surface area contributed by atoms with Crippen molar-refractivity contribution in [3.63, 3.8) is 0 Å². The topological polar surface area (TPSA) is 72.5 Å². The number of nitrogens with zero attached hydrogens (tertiary/aromatic N) is 1. The highest BCUT2D eigenvalue weighted by Crippen LogP contribution is 2.31. The highest BCUT2D eigenvalue weighted by Gasteiger charge is 2.39. The van der Waals surface area contributed by atoms with Crippen molar-refractivity contribution in [1.82, 2.24) is 10.3 Å². The number of rotatable bonds is 5. The number of hydrogen-bond donors (Lipinski definition) is 2. The van der Waals surface area contributed by atoms with E-state index in [4.69, 9.17) is 9.47 Å². The lowest BCUT2D eigenvalue weighted by atomic mass is 9.91. The van der Waals surface area contributed by atoms with E-state index in [0.717, 1.165) is 12.1 Å². The molecule has 1 aliphatic rings. The number of anilines is 1. The van der Waals surface area contributed by atoms with Gasteiger partial charge in [-0.1, -0.05) is 0 Å². The van der Waals surface area contributed by atoms with Gasteiger partial charge in [0.15, 0.2) is 0 Å². The van der Waals surface area contributed by atoms with Crippen molar-refractivity contribution in [2.75, 3.05) is 25.5 Å². The molecule has 3 rings (SSSR count). The number of methoxy groups -OCH3 is 1. The Morgan fingerprint density at radius 2 is 1.82 bits per heavy atom. The molecule has 1 amide bonds. The number of carbonyl (C=O) groups is 1.